The molecule has 2 aromatic rings. The number of hydrogen-bond donors (Lipinski definition) is 1. The lowest BCUT2D eigenvalue weighted by atomic mass is 10.1. The molecule has 0 radical (unpaired) electrons. The molecule has 1 atom stereocenters. The zero-order chi connectivity index (χ0) is 17.8. The summed E-state index contributed by atoms with van der Waals surface area (Å²) in [5.41, 5.74) is 1.24. The smallest absolute Gasteiger partial charge is 0.265 e. The molecule has 6 nitrogen and oxygen atoms in total. The number of benzene rings is 2. The van der Waals surface area contributed by atoms with Gasteiger partial charge in [-0.1, -0.05) is 6.92 Å². The molecule has 0 fully saturated rings. The third-order valence-corrected chi connectivity index (χ3v) is 3.82. The van der Waals surface area contributed by atoms with Crippen molar-refractivity contribution in [1.82, 2.24) is 0 Å². The fraction of sp³-hybridized carbons (Fsp3) is 0.263. The monoisotopic (exact) mass is 341 g/mol. The van der Waals surface area contributed by atoms with Gasteiger partial charge in [-0.2, -0.15) is 0 Å². The Morgan fingerprint density at radius 2 is 1.84 bits per heavy atom. The Labute approximate surface area is 145 Å². The zero-order valence-electron chi connectivity index (χ0n) is 14.1. The van der Waals surface area contributed by atoms with Crippen LogP contribution in [0.1, 0.15) is 30.6 Å². The molecular formula is C19H19NO5. The van der Waals surface area contributed by atoms with Crippen LogP contribution in [0.2, 0.25) is 0 Å². The van der Waals surface area contributed by atoms with Gasteiger partial charge in [0.2, 0.25) is 6.79 Å². The van der Waals surface area contributed by atoms with E-state index >= 15 is 0 Å². The molecular weight excluding hydrogens is 322 g/mol. The van der Waals surface area contributed by atoms with Crippen molar-refractivity contribution in [3.8, 4) is 17.2 Å². The van der Waals surface area contributed by atoms with E-state index in [-0.39, 0.29) is 18.5 Å². The van der Waals surface area contributed by atoms with Gasteiger partial charge in [0, 0.05) is 23.7 Å². The van der Waals surface area contributed by atoms with E-state index in [1.165, 1.54) is 0 Å². The average molecular weight is 341 g/mol. The predicted octanol–water partition coefficient (Wildman–Crippen LogP) is 3.41. The van der Waals surface area contributed by atoms with E-state index in [1.807, 2.05) is 6.92 Å². The summed E-state index contributed by atoms with van der Waals surface area (Å²) in [5, 5.41) is 2.78. The first-order valence-corrected chi connectivity index (χ1v) is 8.07. The summed E-state index contributed by atoms with van der Waals surface area (Å²) in [6.07, 6.45) is -0.243. The minimum absolute atomic E-state index is 0.0696. The number of ether oxygens (including phenoxy) is 3. The van der Waals surface area contributed by atoms with Gasteiger partial charge >= 0.3 is 0 Å². The maximum atomic E-state index is 12.3. The second-order valence-electron chi connectivity index (χ2n) is 5.62. The quantitative estimate of drug-likeness (QED) is 0.815. The van der Waals surface area contributed by atoms with Crippen molar-refractivity contribution in [3.05, 3.63) is 48.0 Å². The molecule has 2 aromatic carbocycles. The normalized spacial score (nSPS) is 13.2. The number of fused-ring (bicyclic) bond motifs is 1. The molecule has 130 valence electrons. The molecule has 25 heavy (non-hydrogen) atoms. The molecule has 3 rings (SSSR count). The Hall–Kier alpha value is -3.02. The Balaban J connectivity index is 1.60. The average Bonchev–Trinajstić information content (AvgIpc) is 3.09. The Bertz CT molecular complexity index is 785. The van der Waals surface area contributed by atoms with Crippen LogP contribution in [-0.2, 0) is 4.79 Å². The van der Waals surface area contributed by atoms with Crippen molar-refractivity contribution in [2.45, 2.75) is 26.4 Å². The summed E-state index contributed by atoms with van der Waals surface area (Å²) in [5.74, 6) is 1.57. The first kappa shape index (κ1) is 16.8. The fourth-order valence-corrected chi connectivity index (χ4v) is 2.40. The van der Waals surface area contributed by atoms with Crippen LogP contribution < -0.4 is 19.5 Å². The minimum Gasteiger partial charge on any atom is -0.481 e. The number of rotatable bonds is 6. The summed E-state index contributed by atoms with van der Waals surface area (Å²) < 4.78 is 16.2. The van der Waals surface area contributed by atoms with Gasteiger partial charge in [-0.3, -0.25) is 9.59 Å². The topological polar surface area (TPSA) is 73.9 Å². The molecule has 0 spiro atoms. The summed E-state index contributed by atoms with van der Waals surface area (Å²) >= 11 is 0. The standard InChI is InChI=1S/C19H19NO5/c1-3-16(21)13-4-7-15(8-5-13)25-12(2)19(22)20-14-6-9-17-18(10-14)24-11-23-17/h4-10,12H,3,11H2,1-2H3,(H,20,22)/t12-/m1/s1. The van der Waals surface area contributed by atoms with Crippen LogP contribution in [0.4, 0.5) is 5.69 Å². The van der Waals surface area contributed by atoms with Gasteiger partial charge in [0.25, 0.3) is 5.91 Å². The van der Waals surface area contributed by atoms with Gasteiger partial charge in [0.15, 0.2) is 23.4 Å². The number of carbonyl (C=O) groups is 2. The lowest BCUT2D eigenvalue weighted by Gasteiger charge is -2.15. The Morgan fingerprint density at radius 1 is 1.12 bits per heavy atom. The Morgan fingerprint density at radius 3 is 2.56 bits per heavy atom. The molecule has 6 heteroatoms. The highest BCUT2D eigenvalue weighted by atomic mass is 16.7. The van der Waals surface area contributed by atoms with Gasteiger partial charge in [-0.15, -0.1) is 0 Å². The Kier molecular flexibility index (Phi) is 4.88. The highest BCUT2D eigenvalue weighted by Gasteiger charge is 2.18. The number of ketones is 1. The minimum atomic E-state index is -0.696. The molecule has 0 unspecified atom stereocenters. The molecule has 1 amide bonds. The summed E-state index contributed by atoms with van der Waals surface area (Å²) in [6.45, 7) is 3.66. The molecule has 1 heterocycles. The van der Waals surface area contributed by atoms with Gasteiger partial charge in [-0.05, 0) is 43.3 Å². The van der Waals surface area contributed by atoms with Crippen LogP contribution in [0.25, 0.3) is 0 Å². The zero-order valence-corrected chi connectivity index (χ0v) is 14.1. The third-order valence-electron chi connectivity index (χ3n) is 3.82. The van der Waals surface area contributed by atoms with Crippen LogP contribution in [-0.4, -0.2) is 24.6 Å². The number of Topliss-reactive ketones (excluding diaryl/α,β-unsaturated/α-hetero) is 1. The lowest BCUT2D eigenvalue weighted by Crippen LogP contribution is -2.30. The van der Waals surface area contributed by atoms with Crippen LogP contribution in [0, 0.1) is 0 Å². The molecule has 1 N–H and O–H groups in total. The fourth-order valence-electron chi connectivity index (χ4n) is 2.40. The van der Waals surface area contributed by atoms with Crippen molar-refractivity contribution in [3.63, 3.8) is 0 Å². The number of nitrogens with one attached hydrogen (secondary N) is 1. The first-order valence-electron chi connectivity index (χ1n) is 8.07. The van der Waals surface area contributed by atoms with E-state index in [2.05, 4.69) is 5.32 Å². The highest BCUT2D eigenvalue weighted by molar-refractivity contribution is 5.96. The summed E-state index contributed by atoms with van der Waals surface area (Å²) in [4.78, 5) is 23.9. The number of carbonyl (C=O) groups excluding carboxylic acids is 2. The van der Waals surface area contributed by atoms with Gasteiger partial charge in [0.05, 0.1) is 0 Å². The van der Waals surface area contributed by atoms with E-state index in [9.17, 15) is 9.59 Å². The van der Waals surface area contributed by atoms with Crippen molar-refractivity contribution in [2.75, 3.05) is 12.1 Å². The number of amides is 1. The van der Waals surface area contributed by atoms with Crippen molar-refractivity contribution in [1.29, 1.82) is 0 Å². The van der Waals surface area contributed by atoms with Crippen LogP contribution in [0.3, 0.4) is 0 Å². The van der Waals surface area contributed by atoms with E-state index in [4.69, 9.17) is 14.2 Å². The van der Waals surface area contributed by atoms with E-state index in [1.54, 1.807) is 49.4 Å². The second-order valence-corrected chi connectivity index (χ2v) is 5.62. The van der Waals surface area contributed by atoms with Crippen LogP contribution >= 0.6 is 0 Å². The highest BCUT2D eigenvalue weighted by Crippen LogP contribution is 2.34. The summed E-state index contributed by atoms with van der Waals surface area (Å²) in [7, 11) is 0. The van der Waals surface area contributed by atoms with Gasteiger partial charge < -0.3 is 19.5 Å². The second kappa shape index (κ2) is 7.25. The molecule has 0 aromatic heterocycles. The maximum Gasteiger partial charge on any atom is 0.265 e. The summed E-state index contributed by atoms with van der Waals surface area (Å²) in [6, 6.07) is 12.0. The number of hydrogen-bond acceptors (Lipinski definition) is 5. The molecule has 0 aliphatic carbocycles. The van der Waals surface area contributed by atoms with Crippen molar-refractivity contribution >= 4 is 17.4 Å². The molecule has 0 saturated carbocycles. The lowest BCUT2D eigenvalue weighted by molar-refractivity contribution is -0.122. The van der Waals surface area contributed by atoms with Crippen LogP contribution in [0.15, 0.2) is 42.5 Å². The van der Waals surface area contributed by atoms with Crippen molar-refractivity contribution in [2.24, 2.45) is 0 Å². The molecule has 0 bridgehead atoms. The first-order chi connectivity index (χ1) is 12.1. The molecule has 1 aliphatic heterocycles. The largest absolute Gasteiger partial charge is 0.481 e. The van der Waals surface area contributed by atoms with Crippen LogP contribution in [0.5, 0.6) is 17.2 Å². The van der Waals surface area contributed by atoms with E-state index < -0.39 is 6.10 Å². The maximum absolute atomic E-state index is 12.3. The third kappa shape index (κ3) is 3.91. The van der Waals surface area contributed by atoms with Gasteiger partial charge in [0.1, 0.15) is 5.75 Å². The van der Waals surface area contributed by atoms with E-state index in [0.717, 1.165) is 0 Å². The van der Waals surface area contributed by atoms with E-state index in [0.29, 0.717) is 34.9 Å². The number of anilines is 1. The van der Waals surface area contributed by atoms with Crippen molar-refractivity contribution < 1.29 is 23.8 Å². The SMILES string of the molecule is CCC(=O)c1ccc(O[C@H](C)C(=O)Nc2ccc3c(c2)OCO3)cc1. The molecule has 0 saturated heterocycles. The van der Waals surface area contributed by atoms with Gasteiger partial charge in [-0.25, -0.2) is 0 Å². The predicted molar refractivity (Wildman–Crippen MR) is 92.3 cm³/mol. The molecule has 1 aliphatic rings.